The molecule has 1 heterocycles. The van der Waals surface area contributed by atoms with E-state index in [9.17, 15) is 5.11 Å². The highest BCUT2D eigenvalue weighted by Gasteiger charge is 2.25. The zero-order valence-electron chi connectivity index (χ0n) is 9.26. The Morgan fingerprint density at radius 2 is 2.00 bits per heavy atom. The molecule has 0 radical (unpaired) electrons. The van der Waals surface area contributed by atoms with Crippen LogP contribution < -0.4 is 0 Å². The van der Waals surface area contributed by atoms with E-state index in [0.29, 0.717) is 5.92 Å². The van der Waals surface area contributed by atoms with E-state index in [1.54, 1.807) is 0 Å². The quantitative estimate of drug-likeness (QED) is 0.796. The summed E-state index contributed by atoms with van der Waals surface area (Å²) in [5.74, 6) is 0.495. The van der Waals surface area contributed by atoms with Crippen molar-refractivity contribution in [3.63, 3.8) is 0 Å². The summed E-state index contributed by atoms with van der Waals surface area (Å²) < 4.78 is 0. The topological polar surface area (TPSA) is 23.5 Å². The standard InChI is InChI=1S/C13H19NO/c1-2-14-9-12(8-13(15)10-14)11-6-4-3-5-7-11/h3-7,12-13,15H,2,8-10H2,1H3. The number of nitrogens with zero attached hydrogens (tertiary/aromatic N) is 1. The number of hydrogen-bond donors (Lipinski definition) is 1. The van der Waals surface area contributed by atoms with Crippen LogP contribution in [0.4, 0.5) is 0 Å². The lowest BCUT2D eigenvalue weighted by Crippen LogP contribution is -2.41. The van der Waals surface area contributed by atoms with Crippen LogP contribution in [0.3, 0.4) is 0 Å². The predicted octanol–water partition coefficient (Wildman–Crippen LogP) is 1.86. The molecule has 0 saturated carbocycles. The normalized spacial score (nSPS) is 27.9. The van der Waals surface area contributed by atoms with Crippen molar-refractivity contribution in [3.8, 4) is 0 Å². The molecular weight excluding hydrogens is 186 g/mol. The van der Waals surface area contributed by atoms with E-state index in [0.717, 1.165) is 26.1 Å². The molecule has 0 bridgehead atoms. The lowest BCUT2D eigenvalue weighted by atomic mass is 9.89. The molecule has 82 valence electrons. The van der Waals surface area contributed by atoms with Crippen molar-refractivity contribution in [1.29, 1.82) is 0 Å². The number of piperidine rings is 1. The smallest absolute Gasteiger partial charge is 0.0673 e. The predicted molar refractivity (Wildman–Crippen MR) is 61.9 cm³/mol. The Bertz CT molecular complexity index is 299. The Balaban J connectivity index is 2.09. The first-order valence-electron chi connectivity index (χ1n) is 5.75. The highest BCUT2D eigenvalue weighted by atomic mass is 16.3. The molecule has 1 saturated heterocycles. The van der Waals surface area contributed by atoms with Gasteiger partial charge in [0, 0.05) is 13.1 Å². The zero-order valence-corrected chi connectivity index (χ0v) is 9.26. The maximum Gasteiger partial charge on any atom is 0.0673 e. The lowest BCUT2D eigenvalue weighted by Gasteiger charge is -2.35. The largest absolute Gasteiger partial charge is 0.392 e. The minimum absolute atomic E-state index is 0.163. The molecule has 0 aromatic heterocycles. The zero-order chi connectivity index (χ0) is 10.7. The fourth-order valence-electron chi connectivity index (χ4n) is 2.39. The van der Waals surface area contributed by atoms with Crippen LogP contribution in [0.5, 0.6) is 0 Å². The fraction of sp³-hybridized carbons (Fsp3) is 0.538. The van der Waals surface area contributed by atoms with E-state index < -0.39 is 0 Å². The molecule has 1 aromatic rings. The molecule has 1 fully saturated rings. The van der Waals surface area contributed by atoms with Crippen LogP contribution >= 0.6 is 0 Å². The third-order valence-electron chi connectivity index (χ3n) is 3.22. The van der Waals surface area contributed by atoms with Crippen molar-refractivity contribution in [1.82, 2.24) is 4.90 Å². The van der Waals surface area contributed by atoms with Gasteiger partial charge in [0.05, 0.1) is 6.10 Å². The molecule has 0 spiro atoms. The second-order valence-electron chi connectivity index (χ2n) is 4.35. The molecule has 2 atom stereocenters. The number of rotatable bonds is 2. The second kappa shape index (κ2) is 4.77. The Morgan fingerprint density at radius 1 is 1.27 bits per heavy atom. The molecule has 0 amide bonds. The van der Waals surface area contributed by atoms with Crippen LogP contribution in [0.25, 0.3) is 0 Å². The maximum absolute atomic E-state index is 9.80. The summed E-state index contributed by atoms with van der Waals surface area (Å²) in [6.45, 7) is 5.10. The van der Waals surface area contributed by atoms with Gasteiger partial charge in [-0.3, -0.25) is 0 Å². The summed E-state index contributed by atoms with van der Waals surface area (Å²) in [6, 6.07) is 10.5. The molecule has 2 unspecified atom stereocenters. The first kappa shape index (κ1) is 10.7. The number of likely N-dealkylation sites (tertiary alicyclic amines) is 1. The van der Waals surface area contributed by atoms with Crippen LogP contribution in [0, 0.1) is 0 Å². The van der Waals surface area contributed by atoms with Gasteiger partial charge in [0.25, 0.3) is 0 Å². The van der Waals surface area contributed by atoms with Crippen molar-refractivity contribution < 1.29 is 5.11 Å². The van der Waals surface area contributed by atoms with Crippen LogP contribution in [0.2, 0.25) is 0 Å². The van der Waals surface area contributed by atoms with Crippen molar-refractivity contribution in [2.45, 2.75) is 25.4 Å². The van der Waals surface area contributed by atoms with Crippen LogP contribution in [0.15, 0.2) is 30.3 Å². The Morgan fingerprint density at radius 3 is 2.67 bits per heavy atom. The van der Waals surface area contributed by atoms with Gasteiger partial charge in [0.2, 0.25) is 0 Å². The van der Waals surface area contributed by atoms with E-state index >= 15 is 0 Å². The Labute approximate surface area is 91.5 Å². The van der Waals surface area contributed by atoms with E-state index in [1.807, 2.05) is 6.07 Å². The monoisotopic (exact) mass is 205 g/mol. The van der Waals surface area contributed by atoms with Crippen LogP contribution in [-0.2, 0) is 0 Å². The van der Waals surface area contributed by atoms with Gasteiger partial charge in [-0.2, -0.15) is 0 Å². The number of aliphatic hydroxyl groups is 1. The van der Waals surface area contributed by atoms with Crippen LogP contribution in [0.1, 0.15) is 24.8 Å². The summed E-state index contributed by atoms with van der Waals surface area (Å²) in [4.78, 5) is 2.33. The van der Waals surface area contributed by atoms with E-state index in [2.05, 4.69) is 36.1 Å². The van der Waals surface area contributed by atoms with Crippen molar-refractivity contribution in [3.05, 3.63) is 35.9 Å². The lowest BCUT2D eigenvalue weighted by molar-refractivity contribution is 0.0618. The first-order valence-corrected chi connectivity index (χ1v) is 5.75. The molecule has 0 aliphatic carbocycles. The molecule has 2 heteroatoms. The molecule has 1 aliphatic heterocycles. The molecule has 1 N–H and O–H groups in total. The highest BCUT2D eigenvalue weighted by Crippen LogP contribution is 2.26. The minimum Gasteiger partial charge on any atom is -0.392 e. The fourth-order valence-corrected chi connectivity index (χ4v) is 2.39. The molecule has 2 nitrogen and oxygen atoms in total. The number of hydrogen-bond acceptors (Lipinski definition) is 2. The molecule has 1 aromatic carbocycles. The van der Waals surface area contributed by atoms with E-state index in [4.69, 9.17) is 0 Å². The van der Waals surface area contributed by atoms with Crippen LogP contribution in [-0.4, -0.2) is 35.7 Å². The Kier molecular flexibility index (Phi) is 3.39. The molecule has 2 rings (SSSR count). The van der Waals surface area contributed by atoms with Crippen molar-refractivity contribution in [2.24, 2.45) is 0 Å². The third kappa shape index (κ3) is 2.58. The Hall–Kier alpha value is -0.860. The first-order chi connectivity index (χ1) is 7.29. The minimum atomic E-state index is -0.163. The van der Waals surface area contributed by atoms with Gasteiger partial charge in [-0.1, -0.05) is 37.3 Å². The van der Waals surface area contributed by atoms with Gasteiger partial charge in [-0.15, -0.1) is 0 Å². The van der Waals surface area contributed by atoms with Gasteiger partial charge in [-0.05, 0) is 24.4 Å². The second-order valence-corrected chi connectivity index (χ2v) is 4.35. The van der Waals surface area contributed by atoms with E-state index in [1.165, 1.54) is 5.56 Å². The molecule has 15 heavy (non-hydrogen) atoms. The number of benzene rings is 1. The highest BCUT2D eigenvalue weighted by molar-refractivity contribution is 5.20. The van der Waals surface area contributed by atoms with Gasteiger partial charge >= 0.3 is 0 Å². The number of likely N-dealkylation sites (N-methyl/N-ethyl adjacent to an activating group) is 1. The molecular formula is C13H19NO. The summed E-state index contributed by atoms with van der Waals surface area (Å²) in [7, 11) is 0. The van der Waals surface area contributed by atoms with Gasteiger partial charge < -0.3 is 10.0 Å². The van der Waals surface area contributed by atoms with E-state index in [-0.39, 0.29) is 6.10 Å². The summed E-state index contributed by atoms with van der Waals surface area (Å²) >= 11 is 0. The van der Waals surface area contributed by atoms with Gasteiger partial charge in [0.15, 0.2) is 0 Å². The average Bonchev–Trinajstić information content (AvgIpc) is 2.29. The summed E-state index contributed by atoms with van der Waals surface area (Å²) in [5, 5.41) is 9.80. The van der Waals surface area contributed by atoms with Gasteiger partial charge in [-0.25, -0.2) is 0 Å². The van der Waals surface area contributed by atoms with Crippen molar-refractivity contribution >= 4 is 0 Å². The third-order valence-corrected chi connectivity index (χ3v) is 3.22. The van der Waals surface area contributed by atoms with Gasteiger partial charge in [0.1, 0.15) is 0 Å². The molecule has 1 aliphatic rings. The summed E-state index contributed by atoms with van der Waals surface area (Å²) in [5.41, 5.74) is 1.36. The summed E-state index contributed by atoms with van der Waals surface area (Å²) in [6.07, 6.45) is 0.740. The SMILES string of the molecule is CCN1CC(O)CC(c2ccccc2)C1. The number of aliphatic hydroxyl groups excluding tert-OH is 1. The van der Waals surface area contributed by atoms with Crippen molar-refractivity contribution in [2.75, 3.05) is 19.6 Å². The average molecular weight is 205 g/mol. The number of β-amino-alcohol motifs (C(OH)–C–C–N with tert-alkyl or cyclic N) is 1. The maximum atomic E-state index is 9.80.